The van der Waals surface area contributed by atoms with Gasteiger partial charge in [0.05, 0.1) is 6.10 Å². The summed E-state index contributed by atoms with van der Waals surface area (Å²) < 4.78 is 0. The number of hydrogen-bond acceptors (Lipinski definition) is 3. The quantitative estimate of drug-likeness (QED) is 0.670. The van der Waals surface area contributed by atoms with Gasteiger partial charge in [-0.15, -0.1) is 0 Å². The lowest BCUT2D eigenvalue weighted by molar-refractivity contribution is -0.121. The molecule has 0 bridgehead atoms. The van der Waals surface area contributed by atoms with Gasteiger partial charge in [-0.25, -0.2) is 0 Å². The fraction of sp³-hybridized carbons (Fsp3) is 0.938. The Bertz CT molecular complexity index is 299. The third kappa shape index (κ3) is 6.23. The Hall–Kier alpha value is -0.610. The van der Waals surface area contributed by atoms with Crippen LogP contribution in [0.25, 0.3) is 0 Å². The van der Waals surface area contributed by atoms with Crippen molar-refractivity contribution in [1.29, 1.82) is 0 Å². The number of hydrogen-bond donors (Lipinski definition) is 3. The number of nitrogens with two attached hydrogens (primary N) is 1. The molecular formula is C16H32N2O2. The van der Waals surface area contributed by atoms with Crippen LogP contribution in [0.2, 0.25) is 0 Å². The van der Waals surface area contributed by atoms with Gasteiger partial charge in [0.2, 0.25) is 5.91 Å². The highest BCUT2D eigenvalue weighted by molar-refractivity contribution is 5.75. The van der Waals surface area contributed by atoms with Gasteiger partial charge in [-0.05, 0) is 55.9 Å². The first-order valence-corrected chi connectivity index (χ1v) is 7.97. The summed E-state index contributed by atoms with van der Waals surface area (Å²) in [5, 5.41) is 12.5. The lowest BCUT2D eigenvalue weighted by Crippen LogP contribution is -2.30. The van der Waals surface area contributed by atoms with Gasteiger partial charge < -0.3 is 16.2 Å². The van der Waals surface area contributed by atoms with Crippen LogP contribution in [-0.2, 0) is 4.79 Å². The molecule has 4 heteroatoms. The van der Waals surface area contributed by atoms with Gasteiger partial charge in [-0.3, -0.25) is 4.79 Å². The van der Waals surface area contributed by atoms with Crippen LogP contribution in [0.5, 0.6) is 0 Å². The van der Waals surface area contributed by atoms with Gasteiger partial charge in [-0.1, -0.05) is 20.8 Å². The van der Waals surface area contributed by atoms with Crippen molar-refractivity contribution in [1.82, 2.24) is 5.32 Å². The molecule has 1 aliphatic rings. The molecule has 4 N–H and O–H groups in total. The second-order valence-electron chi connectivity index (χ2n) is 7.32. The van der Waals surface area contributed by atoms with Crippen molar-refractivity contribution in [2.45, 2.75) is 65.4 Å². The lowest BCUT2D eigenvalue weighted by Gasteiger charge is -2.30. The van der Waals surface area contributed by atoms with Crippen molar-refractivity contribution in [3.05, 3.63) is 0 Å². The van der Waals surface area contributed by atoms with Crippen molar-refractivity contribution in [2.24, 2.45) is 23.0 Å². The molecule has 3 atom stereocenters. The number of aliphatic hydroxyl groups excluding tert-OH is 1. The first kappa shape index (κ1) is 17.4. The van der Waals surface area contributed by atoms with Crippen LogP contribution in [0.4, 0.5) is 0 Å². The summed E-state index contributed by atoms with van der Waals surface area (Å²) in [6.45, 7) is 8.04. The standard InChI is InChI=1S/C16H32N2O2/c1-16(2,3)13(8-9-17)5-7-15(20)18-11-12-4-6-14(19)10-12/h12-14,19H,4-11,17H2,1-3H3,(H,18,20). The van der Waals surface area contributed by atoms with Gasteiger partial charge in [0.1, 0.15) is 0 Å². The number of carbonyl (C=O) groups is 1. The van der Waals surface area contributed by atoms with Gasteiger partial charge in [-0.2, -0.15) is 0 Å². The Morgan fingerprint density at radius 1 is 1.35 bits per heavy atom. The molecule has 0 aromatic heterocycles. The lowest BCUT2D eigenvalue weighted by atomic mass is 9.76. The maximum Gasteiger partial charge on any atom is 0.220 e. The average Bonchev–Trinajstić information content (AvgIpc) is 2.76. The minimum Gasteiger partial charge on any atom is -0.393 e. The van der Waals surface area contributed by atoms with Crippen molar-refractivity contribution in [2.75, 3.05) is 13.1 Å². The average molecular weight is 284 g/mol. The fourth-order valence-corrected chi connectivity index (χ4v) is 3.10. The minimum absolute atomic E-state index is 0.137. The van der Waals surface area contributed by atoms with E-state index in [-0.39, 0.29) is 17.4 Å². The van der Waals surface area contributed by atoms with E-state index in [2.05, 4.69) is 26.1 Å². The molecule has 1 rings (SSSR count). The Morgan fingerprint density at radius 3 is 2.55 bits per heavy atom. The molecule has 0 aliphatic heterocycles. The van der Waals surface area contributed by atoms with E-state index in [9.17, 15) is 9.90 Å². The molecule has 0 spiro atoms. The van der Waals surface area contributed by atoms with E-state index < -0.39 is 0 Å². The zero-order valence-corrected chi connectivity index (χ0v) is 13.3. The van der Waals surface area contributed by atoms with Crippen LogP contribution in [-0.4, -0.2) is 30.2 Å². The second-order valence-corrected chi connectivity index (χ2v) is 7.32. The SMILES string of the molecule is CC(C)(C)C(CCN)CCC(=O)NCC1CCC(O)C1. The van der Waals surface area contributed by atoms with E-state index in [4.69, 9.17) is 5.73 Å². The minimum atomic E-state index is -0.160. The van der Waals surface area contributed by atoms with Gasteiger partial charge >= 0.3 is 0 Å². The van der Waals surface area contributed by atoms with Crippen molar-refractivity contribution in [3.63, 3.8) is 0 Å². The molecule has 0 heterocycles. The van der Waals surface area contributed by atoms with E-state index in [1.807, 2.05) is 0 Å². The Morgan fingerprint density at radius 2 is 2.05 bits per heavy atom. The monoisotopic (exact) mass is 284 g/mol. The van der Waals surface area contributed by atoms with Crippen LogP contribution in [0, 0.1) is 17.3 Å². The summed E-state index contributed by atoms with van der Waals surface area (Å²) in [6, 6.07) is 0. The summed E-state index contributed by atoms with van der Waals surface area (Å²) in [6.07, 6.45) is 5.04. The highest BCUT2D eigenvalue weighted by Gasteiger charge is 2.25. The van der Waals surface area contributed by atoms with Crippen LogP contribution in [0.1, 0.15) is 59.3 Å². The molecule has 4 nitrogen and oxygen atoms in total. The summed E-state index contributed by atoms with van der Waals surface area (Å²) in [5.41, 5.74) is 5.87. The molecule has 0 aromatic rings. The number of rotatable bonds is 7. The summed E-state index contributed by atoms with van der Waals surface area (Å²) >= 11 is 0. The topological polar surface area (TPSA) is 75.4 Å². The molecule has 1 fully saturated rings. The normalized spacial score (nSPS) is 24.6. The fourth-order valence-electron chi connectivity index (χ4n) is 3.10. The smallest absolute Gasteiger partial charge is 0.220 e. The van der Waals surface area contributed by atoms with Gasteiger partial charge in [0.25, 0.3) is 0 Å². The van der Waals surface area contributed by atoms with Gasteiger partial charge in [0, 0.05) is 13.0 Å². The Labute approximate surface area is 123 Å². The molecule has 3 unspecified atom stereocenters. The predicted octanol–water partition coefficient (Wildman–Crippen LogP) is 2.05. The Kier molecular flexibility index (Phi) is 6.96. The molecule has 1 aliphatic carbocycles. The molecule has 118 valence electrons. The highest BCUT2D eigenvalue weighted by atomic mass is 16.3. The Balaban J connectivity index is 2.24. The predicted molar refractivity (Wildman–Crippen MR) is 82.2 cm³/mol. The molecule has 0 saturated heterocycles. The van der Waals surface area contributed by atoms with Crippen LogP contribution < -0.4 is 11.1 Å². The van der Waals surface area contributed by atoms with E-state index in [1.165, 1.54) is 0 Å². The van der Waals surface area contributed by atoms with Crippen molar-refractivity contribution in [3.8, 4) is 0 Å². The van der Waals surface area contributed by atoms with E-state index >= 15 is 0 Å². The maximum absolute atomic E-state index is 11.9. The summed E-state index contributed by atoms with van der Waals surface area (Å²) in [7, 11) is 0. The summed E-state index contributed by atoms with van der Waals surface area (Å²) in [4.78, 5) is 11.9. The van der Waals surface area contributed by atoms with Crippen LogP contribution in [0.3, 0.4) is 0 Å². The molecule has 1 saturated carbocycles. The number of amides is 1. The second kappa shape index (κ2) is 7.99. The van der Waals surface area contributed by atoms with Crippen LogP contribution >= 0.6 is 0 Å². The third-order valence-electron chi connectivity index (χ3n) is 4.56. The number of nitrogens with one attached hydrogen (secondary N) is 1. The zero-order chi connectivity index (χ0) is 15.2. The van der Waals surface area contributed by atoms with Crippen molar-refractivity contribution < 1.29 is 9.90 Å². The zero-order valence-electron chi connectivity index (χ0n) is 13.3. The number of aliphatic hydroxyl groups is 1. The van der Waals surface area contributed by atoms with E-state index in [1.54, 1.807) is 0 Å². The summed E-state index contributed by atoms with van der Waals surface area (Å²) in [5.74, 6) is 1.08. The molecule has 20 heavy (non-hydrogen) atoms. The first-order valence-electron chi connectivity index (χ1n) is 7.97. The van der Waals surface area contributed by atoms with E-state index in [0.717, 1.165) is 32.1 Å². The first-order chi connectivity index (χ1) is 9.32. The number of carbonyl (C=O) groups excluding carboxylic acids is 1. The molecule has 1 amide bonds. The largest absolute Gasteiger partial charge is 0.393 e. The molecule has 0 aromatic carbocycles. The van der Waals surface area contributed by atoms with Crippen molar-refractivity contribution >= 4 is 5.91 Å². The van der Waals surface area contributed by atoms with Crippen LogP contribution in [0.15, 0.2) is 0 Å². The highest BCUT2D eigenvalue weighted by Crippen LogP contribution is 2.32. The van der Waals surface area contributed by atoms with E-state index in [0.29, 0.717) is 31.3 Å². The molecular weight excluding hydrogens is 252 g/mol. The third-order valence-corrected chi connectivity index (χ3v) is 4.56. The molecule has 0 radical (unpaired) electrons. The van der Waals surface area contributed by atoms with Gasteiger partial charge in [0.15, 0.2) is 0 Å². The maximum atomic E-state index is 11.9.